The standard InChI is InChI=1S/C56H80N6O6/c1-11-39(2)50(64)58-49(56(7,8)9)54(68)62-33-19-25-46(62)38-60(35-31-42-22-16-13-17-23-42)52(66)44-28-26-43(27-29-44)51(65)59(34-30-41-20-14-12-15-21-41)37-45-24-18-32-61(45)53(67)47(55(4,5)6)36-48(63)40(3)57-10/h12-17,20-23,26-29,39-40,45-47,49,57H,11,18-19,24-25,30-38H2,1-10H3,(H,58,64)/t39-,40+,45+,46+,47-,49-/m1/s1. The number of ketones is 1. The van der Waals surface area contributed by atoms with Crippen molar-refractivity contribution in [1.29, 1.82) is 0 Å². The summed E-state index contributed by atoms with van der Waals surface area (Å²) in [6.07, 6.45) is 5.16. The van der Waals surface area contributed by atoms with Gasteiger partial charge in [0.25, 0.3) is 11.8 Å². The molecule has 12 heteroatoms. The van der Waals surface area contributed by atoms with Crippen molar-refractivity contribution in [2.45, 2.75) is 138 Å². The van der Waals surface area contributed by atoms with E-state index in [0.717, 1.165) is 36.8 Å². The zero-order valence-corrected chi connectivity index (χ0v) is 42.7. The van der Waals surface area contributed by atoms with E-state index in [4.69, 9.17) is 0 Å². The summed E-state index contributed by atoms with van der Waals surface area (Å²) in [6.45, 7) is 20.2. The molecule has 0 aromatic heterocycles. The lowest BCUT2D eigenvalue weighted by Crippen LogP contribution is -2.57. The number of carbonyl (C=O) groups is 6. The summed E-state index contributed by atoms with van der Waals surface area (Å²) in [5.41, 5.74) is 2.11. The summed E-state index contributed by atoms with van der Waals surface area (Å²) in [5, 5.41) is 6.09. The van der Waals surface area contributed by atoms with Crippen LogP contribution in [0.25, 0.3) is 0 Å². The fraction of sp³-hybridized carbons (Fsp3) is 0.571. The smallest absolute Gasteiger partial charge is 0.253 e. The van der Waals surface area contributed by atoms with Gasteiger partial charge in [0.15, 0.2) is 0 Å². The largest absolute Gasteiger partial charge is 0.344 e. The molecular weight excluding hydrogens is 853 g/mol. The van der Waals surface area contributed by atoms with Crippen LogP contribution in [0.5, 0.6) is 0 Å². The number of hydrogen-bond donors (Lipinski definition) is 2. The Bertz CT molecular complexity index is 2000. The number of hydrogen-bond acceptors (Lipinski definition) is 7. The Morgan fingerprint density at radius 1 is 0.647 bits per heavy atom. The topological polar surface area (TPSA) is 139 Å². The predicted octanol–water partition coefficient (Wildman–Crippen LogP) is 7.84. The van der Waals surface area contributed by atoms with Crippen molar-refractivity contribution in [2.24, 2.45) is 22.7 Å². The van der Waals surface area contributed by atoms with E-state index in [1.54, 1.807) is 31.3 Å². The van der Waals surface area contributed by atoms with E-state index < -0.39 is 22.8 Å². The quantitative estimate of drug-likeness (QED) is 0.111. The van der Waals surface area contributed by atoms with Crippen LogP contribution in [0.2, 0.25) is 0 Å². The minimum atomic E-state index is -0.712. The molecule has 2 saturated heterocycles. The van der Waals surface area contributed by atoms with Gasteiger partial charge in [-0.3, -0.25) is 28.8 Å². The van der Waals surface area contributed by atoms with E-state index >= 15 is 0 Å². The van der Waals surface area contributed by atoms with E-state index in [0.29, 0.717) is 69.7 Å². The molecule has 0 unspecified atom stereocenters. The third kappa shape index (κ3) is 14.3. The van der Waals surface area contributed by atoms with Crippen molar-refractivity contribution in [3.05, 3.63) is 107 Å². The van der Waals surface area contributed by atoms with E-state index in [2.05, 4.69) is 10.6 Å². The van der Waals surface area contributed by atoms with Crippen LogP contribution in [-0.4, -0.2) is 125 Å². The summed E-state index contributed by atoms with van der Waals surface area (Å²) < 4.78 is 0. The normalized spacial score (nSPS) is 18.1. The molecule has 0 aliphatic carbocycles. The highest BCUT2D eigenvalue weighted by Gasteiger charge is 2.42. The molecule has 0 saturated carbocycles. The second kappa shape index (κ2) is 24.3. The average molecular weight is 933 g/mol. The Hall–Kier alpha value is -5.36. The first kappa shape index (κ1) is 53.6. The molecule has 3 aromatic carbocycles. The van der Waals surface area contributed by atoms with Crippen molar-refractivity contribution in [2.75, 3.05) is 46.3 Å². The molecule has 12 nitrogen and oxygen atoms in total. The Labute approximate surface area is 407 Å². The van der Waals surface area contributed by atoms with Crippen LogP contribution in [0, 0.1) is 22.7 Å². The molecular formula is C56H80N6O6. The molecule has 2 fully saturated rings. The van der Waals surface area contributed by atoms with Crippen LogP contribution in [0.15, 0.2) is 84.9 Å². The van der Waals surface area contributed by atoms with Crippen molar-refractivity contribution in [3.63, 3.8) is 0 Å². The van der Waals surface area contributed by atoms with E-state index in [-0.39, 0.29) is 65.8 Å². The molecule has 370 valence electrons. The minimum Gasteiger partial charge on any atom is -0.344 e. The number of amides is 5. The van der Waals surface area contributed by atoms with Gasteiger partial charge >= 0.3 is 0 Å². The Kier molecular flexibility index (Phi) is 19.1. The molecule has 0 bridgehead atoms. The van der Waals surface area contributed by atoms with Crippen molar-refractivity contribution in [1.82, 2.24) is 30.2 Å². The fourth-order valence-corrected chi connectivity index (χ4v) is 9.42. The van der Waals surface area contributed by atoms with Crippen molar-refractivity contribution in [3.8, 4) is 0 Å². The third-order valence-corrected chi connectivity index (χ3v) is 14.3. The van der Waals surface area contributed by atoms with Gasteiger partial charge in [-0.15, -0.1) is 0 Å². The first-order valence-corrected chi connectivity index (χ1v) is 25.1. The van der Waals surface area contributed by atoms with Crippen LogP contribution in [-0.2, 0) is 32.0 Å². The number of Topliss-reactive ketones (excluding diaryl/α,β-unsaturated/α-hetero) is 1. The summed E-state index contributed by atoms with van der Waals surface area (Å²) in [5.74, 6) is -1.39. The second-order valence-corrected chi connectivity index (χ2v) is 21.4. The molecule has 2 heterocycles. The summed E-state index contributed by atoms with van der Waals surface area (Å²) in [4.78, 5) is 91.8. The fourth-order valence-electron chi connectivity index (χ4n) is 9.42. The van der Waals surface area contributed by atoms with Crippen LogP contribution >= 0.6 is 0 Å². The monoisotopic (exact) mass is 933 g/mol. The molecule has 2 aliphatic rings. The maximum atomic E-state index is 14.6. The van der Waals surface area contributed by atoms with E-state index in [9.17, 15) is 28.8 Å². The van der Waals surface area contributed by atoms with Crippen LogP contribution in [0.4, 0.5) is 0 Å². The van der Waals surface area contributed by atoms with Gasteiger partial charge < -0.3 is 30.2 Å². The zero-order valence-electron chi connectivity index (χ0n) is 42.7. The molecule has 0 spiro atoms. The van der Waals surface area contributed by atoms with Gasteiger partial charge in [-0.1, -0.05) is 116 Å². The average Bonchev–Trinajstić information content (AvgIpc) is 4.00. The molecule has 3 aromatic rings. The van der Waals surface area contributed by atoms with Gasteiger partial charge in [0.1, 0.15) is 11.8 Å². The molecule has 0 radical (unpaired) electrons. The number of carbonyl (C=O) groups excluding carboxylic acids is 6. The Balaban J connectivity index is 1.38. The van der Waals surface area contributed by atoms with Crippen LogP contribution in [0.3, 0.4) is 0 Å². The Morgan fingerprint density at radius 3 is 1.49 bits per heavy atom. The SMILES string of the molecule is CC[C@@H](C)C(=O)N[C@H](C(=O)N1CCC[C@H]1CN(CCc1ccccc1)C(=O)c1ccc(C(=O)N(CCc2ccccc2)C[C@@H]2CCCN2C(=O)[C@@H](CC(=O)[C@H](C)NC)C(C)(C)C)cc1)C(C)(C)C. The van der Waals surface area contributed by atoms with Gasteiger partial charge in [0.2, 0.25) is 17.7 Å². The molecule has 2 N–H and O–H groups in total. The molecule has 2 aliphatic heterocycles. The zero-order chi connectivity index (χ0) is 49.8. The highest BCUT2D eigenvalue weighted by molar-refractivity contribution is 5.98. The number of benzene rings is 3. The third-order valence-electron chi connectivity index (χ3n) is 14.3. The maximum absolute atomic E-state index is 14.6. The number of nitrogens with zero attached hydrogens (tertiary/aromatic N) is 4. The number of nitrogens with one attached hydrogen (secondary N) is 2. The lowest BCUT2D eigenvalue weighted by atomic mass is 9.76. The van der Waals surface area contributed by atoms with Gasteiger partial charge in [-0.2, -0.15) is 0 Å². The first-order chi connectivity index (χ1) is 32.2. The maximum Gasteiger partial charge on any atom is 0.253 e. The van der Waals surface area contributed by atoms with Gasteiger partial charge in [-0.05, 0) is 105 Å². The van der Waals surface area contributed by atoms with Gasteiger partial charge in [0.05, 0.1) is 6.04 Å². The molecule has 68 heavy (non-hydrogen) atoms. The number of likely N-dealkylation sites (tertiary alicyclic amines) is 2. The van der Waals surface area contributed by atoms with Crippen molar-refractivity contribution >= 4 is 35.3 Å². The summed E-state index contributed by atoms with van der Waals surface area (Å²) in [7, 11) is 1.75. The summed E-state index contributed by atoms with van der Waals surface area (Å²) in [6, 6.07) is 25.4. The van der Waals surface area contributed by atoms with Gasteiger partial charge in [-0.25, -0.2) is 0 Å². The molecule has 5 amide bonds. The minimum absolute atomic E-state index is 0.00134. The molecule has 5 rings (SSSR count). The Morgan fingerprint density at radius 2 is 1.09 bits per heavy atom. The van der Waals surface area contributed by atoms with E-state index in [1.165, 1.54) is 0 Å². The van der Waals surface area contributed by atoms with Crippen molar-refractivity contribution < 1.29 is 28.8 Å². The van der Waals surface area contributed by atoms with Crippen LogP contribution < -0.4 is 10.6 Å². The number of likely N-dealkylation sites (N-methyl/N-ethyl adjacent to an activating group) is 1. The highest BCUT2D eigenvalue weighted by Crippen LogP contribution is 2.34. The lowest BCUT2D eigenvalue weighted by molar-refractivity contribution is -0.143. The van der Waals surface area contributed by atoms with Gasteiger partial charge in [0, 0.05) is 80.7 Å². The highest BCUT2D eigenvalue weighted by atomic mass is 16.2. The second-order valence-electron chi connectivity index (χ2n) is 21.4. The first-order valence-electron chi connectivity index (χ1n) is 25.1. The predicted molar refractivity (Wildman–Crippen MR) is 270 cm³/mol. The van der Waals surface area contributed by atoms with Crippen LogP contribution in [0.1, 0.15) is 133 Å². The lowest BCUT2D eigenvalue weighted by Gasteiger charge is -2.37. The number of rotatable bonds is 21. The summed E-state index contributed by atoms with van der Waals surface area (Å²) >= 11 is 0. The molecule has 6 atom stereocenters. The van der Waals surface area contributed by atoms with E-state index in [1.807, 2.05) is 143 Å².